The highest BCUT2D eigenvalue weighted by Gasteiger charge is 2.11. The molecule has 0 aliphatic heterocycles. The summed E-state index contributed by atoms with van der Waals surface area (Å²) in [5, 5.41) is 0. The molecule has 4 heteroatoms. The van der Waals surface area contributed by atoms with Crippen LogP contribution in [0.15, 0.2) is 24.3 Å². The highest BCUT2D eigenvalue weighted by Crippen LogP contribution is 2.12. The minimum absolute atomic E-state index is 0.399. The minimum Gasteiger partial charge on any atom is -0.497 e. The second-order valence-electron chi connectivity index (χ2n) is 3.16. The summed E-state index contributed by atoms with van der Waals surface area (Å²) in [6.45, 7) is 4.04. The van der Waals surface area contributed by atoms with E-state index in [2.05, 4.69) is 0 Å². The first-order valence-electron chi connectivity index (χ1n) is 5.14. The Morgan fingerprint density at radius 2 is 1.94 bits per heavy atom. The molecule has 0 radical (unpaired) electrons. The van der Waals surface area contributed by atoms with Gasteiger partial charge in [-0.3, -0.25) is 0 Å². The van der Waals surface area contributed by atoms with Crippen molar-refractivity contribution in [2.45, 2.75) is 20.1 Å². The van der Waals surface area contributed by atoms with Crippen molar-refractivity contribution < 1.29 is 19.0 Å². The molecule has 0 bridgehead atoms. The molecule has 0 saturated carbocycles. The second-order valence-corrected chi connectivity index (χ2v) is 3.16. The molecule has 0 aliphatic carbocycles. The van der Waals surface area contributed by atoms with Gasteiger partial charge >= 0.3 is 5.97 Å². The fourth-order valence-electron chi connectivity index (χ4n) is 1.21. The van der Waals surface area contributed by atoms with Gasteiger partial charge in [0.25, 0.3) is 0 Å². The van der Waals surface area contributed by atoms with E-state index in [1.165, 1.54) is 0 Å². The number of hydrogen-bond acceptors (Lipinski definition) is 4. The van der Waals surface area contributed by atoms with Crippen LogP contribution in [-0.4, -0.2) is 26.0 Å². The molecule has 0 saturated heterocycles. The van der Waals surface area contributed by atoms with E-state index in [1.54, 1.807) is 38.3 Å². The summed E-state index contributed by atoms with van der Waals surface area (Å²) in [7, 11) is 1.57. The number of esters is 1. The summed E-state index contributed by atoms with van der Waals surface area (Å²) in [6, 6.07) is 6.73. The smallest absolute Gasteiger partial charge is 0.340 e. The third-order valence-electron chi connectivity index (χ3n) is 2.00. The zero-order valence-electron chi connectivity index (χ0n) is 9.73. The third-order valence-corrected chi connectivity index (χ3v) is 2.00. The van der Waals surface area contributed by atoms with Crippen molar-refractivity contribution >= 4 is 5.97 Å². The average Bonchev–Trinajstić information content (AvgIpc) is 2.29. The molecule has 0 aliphatic rings. The number of rotatable bonds is 5. The van der Waals surface area contributed by atoms with Crippen molar-refractivity contribution in [3.63, 3.8) is 0 Å². The van der Waals surface area contributed by atoms with Crippen LogP contribution in [0, 0.1) is 0 Å². The number of carbonyl (C=O) groups is 1. The first kappa shape index (κ1) is 12.5. The lowest BCUT2D eigenvalue weighted by atomic mass is 10.2. The van der Waals surface area contributed by atoms with E-state index >= 15 is 0 Å². The number of carbonyl (C=O) groups excluding carboxylic acids is 1. The van der Waals surface area contributed by atoms with Gasteiger partial charge in [-0.05, 0) is 38.1 Å². The SMILES string of the molecule is CCOC(C)OC(=O)c1ccc(OC)cc1. The zero-order valence-corrected chi connectivity index (χ0v) is 9.73. The van der Waals surface area contributed by atoms with Gasteiger partial charge < -0.3 is 14.2 Å². The highest BCUT2D eigenvalue weighted by molar-refractivity contribution is 5.89. The first-order valence-corrected chi connectivity index (χ1v) is 5.14. The molecule has 1 atom stereocenters. The van der Waals surface area contributed by atoms with Gasteiger partial charge in [0, 0.05) is 6.61 Å². The van der Waals surface area contributed by atoms with Gasteiger partial charge in [-0.2, -0.15) is 0 Å². The molecule has 1 aromatic carbocycles. The van der Waals surface area contributed by atoms with Crippen molar-refractivity contribution in [2.24, 2.45) is 0 Å². The highest BCUT2D eigenvalue weighted by atomic mass is 16.7. The second kappa shape index (κ2) is 6.12. The maximum atomic E-state index is 11.6. The van der Waals surface area contributed by atoms with Crippen LogP contribution in [0.5, 0.6) is 5.75 Å². The van der Waals surface area contributed by atoms with Crippen LogP contribution in [0.1, 0.15) is 24.2 Å². The van der Waals surface area contributed by atoms with Crippen molar-refractivity contribution in [2.75, 3.05) is 13.7 Å². The largest absolute Gasteiger partial charge is 0.497 e. The van der Waals surface area contributed by atoms with Gasteiger partial charge in [-0.25, -0.2) is 4.79 Å². The fraction of sp³-hybridized carbons (Fsp3) is 0.417. The van der Waals surface area contributed by atoms with Crippen LogP contribution in [-0.2, 0) is 9.47 Å². The van der Waals surface area contributed by atoms with E-state index in [0.717, 1.165) is 0 Å². The van der Waals surface area contributed by atoms with E-state index in [4.69, 9.17) is 14.2 Å². The fourth-order valence-corrected chi connectivity index (χ4v) is 1.21. The van der Waals surface area contributed by atoms with Gasteiger partial charge in [-0.15, -0.1) is 0 Å². The standard InChI is InChI=1S/C12H16O4/c1-4-15-9(2)16-12(13)10-5-7-11(14-3)8-6-10/h5-9H,4H2,1-3H3. The van der Waals surface area contributed by atoms with Crippen LogP contribution in [0.2, 0.25) is 0 Å². The normalized spacial score (nSPS) is 11.9. The molecule has 1 unspecified atom stereocenters. The summed E-state index contributed by atoms with van der Waals surface area (Å²) in [4.78, 5) is 11.6. The van der Waals surface area contributed by atoms with Crippen molar-refractivity contribution in [3.8, 4) is 5.75 Å². The Kier molecular flexibility index (Phi) is 4.79. The van der Waals surface area contributed by atoms with E-state index in [-0.39, 0.29) is 0 Å². The van der Waals surface area contributed by atoms with Gasteiger partial charge in [0.15, 0.2) is 6.29 Å². The predicted molar refractivity (Wildman–Crippen MR) is 59.5 cm³/mol. The topological polar surface area (TPSA) is 44.8 Å². The maximum absolute atomic E-state index is 11.6. The first-order chi connectivity index (χ1) is 7.67. The number of benzene rings is 1. The van der Waals surface area contributed by atoms with Crippen LogP contribution < -0.4 is 4.74 Å². The van der Waals surface area contributed by atoms with Crippen LogP contribution >= 0.6 is 0 Å². The maximum Gasteiger partial charge on any atom is 0.340 e. The summed E-state index contributed by atoms with van der Waals surface area (Å²) < 4.78 is 15.2. The van der Waals surface area contributed by atoms with Crippen LogP contribution in [0.3, 0.4) is 0 Å². The molecule has 16 heavy (non-hydrogen) atoms. The molecule has 88 valence electrons. The molecule has 4 nitrogen and oxygen atoms in total. The molecule has 0 heterocycles. The molecule has 0 N–H and O–H groups in total. The van der Waals surface area contributed by atoms with Crippen molar-refractivity contribution in [1.29, 1.82) is 0 Å². The summed E-state index contributed by atoms with van der Waals surface area (Å²) in [5.41, 5.74) is 0.479. The van der Waals surface area contributed by atoms with E-state index in [9.17, 15) is 4.79 Å². The number of methoxy groups -OCH3 is 1. The minimum atomic E-state index is -0.528. The monoisotopic (exact) mass is 224 g/mol. The number of hydrogen-bond donors (Lipinski definition) is 0. The molecule has 1 aromatic rings. The summed E-state index contributed by atoms with van der Waals surface area (Å²) >= 11 is 0. The zero-order chi connectivity index (χ0) is 12.0. The molecule has 0 spiro atoms. The average molecular weight is 224 g/mol. The number of ether oxygens (including phenoxy) is 3. The third kappa shape index (κ3) is 3.55. The van der Waals surface area contributed by atoms with E-state index in [0.29, 0.717) is 17.9 Å². The summed E-state index contributed by atoms with van der Waals surface area (Å²) in [5.74, 6) is 0.304. The Balaban J connectivity index is 2.59. The predicted octanol–water partition coefficient (Wildman–Crippen LogP) is 2.23. The van der Waals surface area contributed by atoms with Gasteiger partial charge in [-0.1, -0.05) is 0 Å². The lowest BCUT2D eigenvalue weighted by Gasteiger charge is -2.12. The Bertz CT molecular complexity index is 331. The van der Waals surface area contributed by atoms with Crippen LogP contribution in [0.4, 0.5) is 0 Å². The quantitative estimate of drug-likeness (QED) is 0.568. The Hall–Kier alpha value is -1.55. The van der Waals surface area contributed by atoms with E-state index < -0.39 is 12.3 Å². The lowest BCUT2D eigenvalue weighted by molar-refractivity contribution is -0.0940. The summed E-state index contributed by atoms with van der Waals surface area (Å²) in [6.07, 6.45) is -0.528. The van der Waals surface area contributed by atoms with Crippen molar-refractivity contribution in [3.05, 3.63) is 29.8 Å². The van der Waals surface area contributed by atoms with Crippen LogP contribution in [0.25, 0.3) is 0 Å². The van der Waals surface area contributed by atoms with Gasteiger partial charge in [0.2, 0.25) is 0 Å². The Labute approximate surface area is 95.1 Å². The Morgan fingerprint density at radius 3 is 2.44 bits per heavy atom. The molecule has 0 aromatic heterocycles. The molecule has 0 amide bonds. The Morgan fingerprint density at radius 1 is 1.31 bits per heavy atom. The molecule has 0 fully saturated rings. The molecule has 1 rings (SSSR count). The molecular weight excluding hydrogens is 208 g/mol. The lowest BCUT2D eigenvalue weighted by Crippen LogP contribution is -2.18. The molecular formula is C12H16O4. The van der Waals surface area contributed by atoms with Gasteiger partial charge in [0.1, 0.15) is 5.75 Å². The van der Waals surface area contributed by atoms with Crippen molar-refractivity contribution in [1.82, 2.24) is 0 Å². The van der Waals surface area contributed by atoms with E-state index in [1.807, 2.05) is 6.92 Å². The van der Waals surface area contributed by atoms with Gasteiger partial charge in [0.05, 0.1) is 12.7 Å².